The zero-order valence-corrected chi connectivity index (χ0v) is 12.0. The van der Waals surface area contributed by atoms with Crippen LogP contribution in [0.1, 0.15) is 29.0 Å². The van der Waals surface area contributed by atoms with Gasteiger partial charge in [-0.1, -0.05) is 6.07 Å². The maximum absolute atomic E-state index is 11.2. The van der Waals surface area contributed by atoms with Gasteiger partial charge < -0.3 is 19.6 Å². The Hall–Kier alpha value is -2.01. The summed E-state index contributed by atoms with van der Waals surface area (Å²) >= 11 is 0. The number of ether oxygens (including phenoxy) is 1. The van der Waals surface area contributed by atoms with E-state index in [4.69, 9.17) is 14.3 Å². The summed E-state index contributed by atoms with van der Waals surface area (Å²) in [5.74, 6) is 0.137. The Morgan fingerprint density at radius 3 is 3.10 bits per heavy atom. The van der Waals surface area contributed by atoms with E-state index in [9.17, 15) is 4.79 Å². The van der Waals surface area contributed by atoms with E-state index in [1.54, 1.807) is 13.0 Å². The molecule has 3 rings (SSSR count). The topological polar surface area (TPSA) is 71.7 Å². The molecule has 1 aromatic heterocycles. The second-order valence-electron chi connectivity index (χ2n) is 5.51. The molecule has 1 atom stereocenters. The van der Waals surface area contributed by atoms with Gasteiger partial charge in [-0.15, -0.1) is 0 Å². The number of carboxylic acid groups (broad SMARTS) is 1. The Balaban J connectivity index is 1.86. The highest BCUT2D eigenvalue weighted by Gasteiger charge is 2.20. The van der Waals surface area contributed by atoms with E-state index < -0.39 is 5.97 Å². The van der Waals surface area contributed by atoms with Gasteiger partial charge in [0, 0.05) is 18.0 Å². The fraction of sp³-hybridized carbons (Fsp3) is 0.438. The highest BCUT2D eigenvalue weighted by molar-refractivity contribution is 5.97. The van der Waals surface area contributed by atoms with Crippen molar-refractivity contribution in [2.45, 2.75) is 19.8 Å². The largest absolute Gasteiger partial charge is 0.492 e. The van der Waals surface area contributed by atoms with Crippen LogP contribution in [0.3, 0.4) is 0 Å². The predicted molar refractivity (Wildman–Crippen MR) is 79.0 cm³/mol. The highest BCUT2D eigenvalue weighted by Crippen LogP contribution is 2.33. The Bertz CT molecular complexity index is 656. The van der Waals surface area contributed by atoms with Crippen LogP contribution in [-0.2, 0) is 0 Å². The maximum atomic E-state index is 11.2. The van der Waals surface area contributed by atoms with Crippen molar-refractivity contribution in [2.24, 2.45) is 5.92 Å². The Morgan fingerprint density at radius 2 is 2.38 bits per heavy atom. The normalized spacial score (nSPS) is 18.8. The summed E-state index contributed by atoms with van der Waals surface area (Å²) in [7, 11) is 0. The molecule has 0 amide bonds. The minimum absolute atomic E-state index is 0.0135. The number of aryl methyl sites for hydroxylation is 1. The van der Waals surface area contributed by atoms with Crippen LogP contribution in [0.15, 0.2) is 22.6 Å². The molecular formula is C16H19NO4. The molecule has 0 saturated carbocycles. The first-order valence-corrected chi connectivity index (χ1v) is 7.25. The lowest BCUT2D eigenvalue weighted by Gasteiger charge is -2.22. The van der Waals surface area contributed by atoms with E-state index in [0.29, 0.717) is 29.4 Å². The van der Waals surface area contributed by atoms with Crippen molar-refractivity contribution in [1.82, 2.24) is 5.32 Å². The lowest BCUT2D eigenvalue weighted by molar-refractivity contribution is 0.0664. The van der Waals surface area contributed by atoms with E-state index >= 15 is 0 Å². The minimum Gasteiger partial charge on any atom is -0.492 e. The predicted octanol–water partition coefficient (Wildman–Crippen LogP) is 2.82. The first kappa shape index (κ1) is 13.9. The van der Waals surface area contributed by atoms with E-state index in [1.165, 1.54) is 6.42 Å². The molecule has 1 aliphatic heterocycles. The summed E-state index contributed by atoms with van der Waals surface area (Å²) < 4.78 is 11.3. The van der Waals surface area contributed by atoms with E-state index in [1.807, 2.05) is 12.1 Å². The van der Waals surface area contributed by atoms with Crippen molar-refractivity contribution < 1.29 is 19.1 Å². The van der Waals surface area contributed by atoms with Gasteiger partial charge in [0.25, 0.3) is 0 Å². The number of aromatic carboxylic acids is 1. The van der Waals surface area contributed by atoms with Crippen molar-refractivity contribution in [2.75, 3.05) is 19.7 Å². The number of hydrogen-bond acceptors (Lipinski definition) is 4. The van der Waals surface area contributed by atoms with Gasteiger partial charge in [0.2, 0.25) is 5.76 Å². The summed E-state index contributed by atoms with van der Waals surface area (Å²) in [4.78, 5) is 11.2. The summed E-state index contributed by atoms with van der Waals surface area (Å²) in [6.07, 6.45) is 2.33. The molecule has 5 heteroatoms. The molecule has 0 spiro atoms. The van der Waals surface area contributed by atoms with Crippen molar-refractivity contribution in [3.8, 4) is 5.75 Å². The Labute approximate surface area is 122 Å². The van der Waals surface area contributed by atoms with Crippen molar-refractivity contribution in [1.29, 1.82) is 0 Å². The number of hydrogen-bond donors (Lipinski definition) is 2. The van der Waals surface area contributed by atoms with Crippen molar-refractivity contribution in [3.63, 3.8) is 0 Å². The molecule has 112 valence electrons. The molecule has 2 heterocycles. The number of nitrogens with one attached hydrogen (secondary N) is 1. The highest BCUT2D eigenvalue weighted by atomic mass is 16.5. The Kier molecular flexibility index (Phi) is 3.84. The van der Waals surface area contributed by atoms with Crippen LogP contribution in [-0.4, -0.2) is 30.8 Å². The SMILES string of the molecule is Cc1c(C(=O)O)oc2cccc(OCC3CCCNC3)c12. The van der Waals surface area contributed by atoms with E-state index in [2.05, 4.69) is 5.32 Å². The van der Waals surface area contributed by atoms with Gasteiger partial charge in [-0.25, -0.2) is 4.79 Å². The van der Waals surface area contributed by atoms with Gasteiger partial charge in [0.05, 0.1) is 12.0 Å². The number of carboxylic acids is 1. The smallest absolute Gasteiger partial charge is 0.372 e. The molecule has 5 nitrogen and oxygen atoms in total. The molecule has 0 radical (unpaired) electrons. The van der Waals surface area contributed by atoms with Crippen LogP contribution < -0.4 is 10.1 Å². The van der Waals surface area contributed by atoms with Crippen LogP contribution >= 0.6 is 0 Å². The third-order valence-corrected chi connectivity index (χ3v) is 3.98. The number of fused-ring (bicyclic) bond motifs is 1. The molecule has 21 heavy (non-hydrogen) atoms. The van der Waals surface area contributed by atoms with Gasteiger partial charge in [0.15, 0.2) is 0 Å². The number of benzene rings is 1. The second-order valence-corrected chi connectivity index (χ2v) is 5.51. The zero-order valence-electron chi connectivity index (χ0n) is 12.0. The third kappa shape index (κ3) is 2.74. The molecule has 1 saturated heterocycles. The van der Waals surface area contributed by atoms with Crippen LogP contribution in [0.5, 0.6) is 5.75 Å². The maximum Gasteiger partial charge on any atom is 0.372 e. The standard InChI is InChI=1S/C16H19NO4/c1-10-14-12(20-9-11-4-3-7-17-8-11)5-2-6-13(14)21-15(10)16(18)19/h2,5-6,11,17H,3-4,7-9H2,1H3,(H,18,19). The van der Waals surface area contributed by atoms with E-state index in [-0.39, 0.29) is 5.76 Å². The van der Waals surface area contributed by atoms with Crippen LogP contribution in [0.4, 0.5) is 0 Å². The van der Waals surface area contributed by atoms with Crippen molar-refractivity contribution in [3.05, 3.63) is 29.5 Å². The lowest BCUT2D eigenvalue weighted by atomic mass is 10.0. The summed E-state index contributed by atoms with van der Waals surface area (Å²) in [6.45, 7) is 4.44. The van der Waals surface area contributed by atoms with Crippen molar-refractivity contribution >= 4 is 16.9 Å². The summed E-state index contributed by atoms with van der Waals surface area (Å²) in [5, 5.41) is 13.3. The third-order valence-electron chi connectivity index (χ3n) is 3.98. The molecule has 2 N–H and O–H groups in total. The van der Waals surface area contributed by atoms with Crippen LogP contribution in [0, 0.1) is 12.8 Å². The van der Waals surface area contributed by atoms with Gasteiger partial charge in [-0.05, 0) is 38.4 Å². The van der Waals surface area contributed by atoms with Gasteiger partial charge in [-0.2, -0.15) is 0 Å². The molecule has 1 unspecified atom stereocenters. The quantitative estimate of drug-likeness (QED) is 0.905. The van der Waals surface area contributed by atoms with Gasteiger partial charge in [-0.3, -0.25) is 0 Å². The number of rotatable bonds is 4. The minimum atomic E-state index is -1.05. The average Bonchev–Trinajstić information content (AvgIpc) is 2.84. The molecule has 1 fully saturated rings. The fourth-order valence-corrected chi connectivity index (χ4v) is 2.86. The first-order chi connectivity index (χ1) is 10.2. The monoisotopic (exact) mass is 289 g/mol. The van der Waals surface area contributed by atoms with Gasteiger partial charge >= 0.3 is 5.97 Å². The summed E-state index contributed by atoms with van der Waals surface area (Å²) in [6, 6.07) is 5.46. The molecule has 1 aliphatic rings. The van der Waals surface area contributed by atoms with Crippen LogP contribution in [0.25, 0.3) is 11.0 Å². The fourth-order valence-electron chi connectivity index (χ4n) is 2.86. The number of carbonyl (C=O) groups is 1. The van der Waals surface area contributed by atoms with Crippen LogP contribution in [0.2, 0.25) is 0 Å². The molecule has 1 aromatic carbocycles. The number of piperidine rings is 1. The first-order valence-electron chi connectivity index (χ1n) is 7.25. The molecular weight excluding hydrogens is 270 g/mol. The second kappa shape index (κ2) is 5.77. The summed E-state index contributed by atoms with van der Waals surface area (Å²) in [5.41, 5.74) is 1.18. The van der Waals surface area contributed by atoms with Gasteiger partial charge in [0.1, 0.15) is 11.3 Å². The van der Waals surface area contributed by atoms with E-state index in [0.717, 1.165) is 24.9 Å². The number of furan rings is 1. The molecule has 0 aliphatic carbocycles. The average molecular weight is 289 g/mol. The molecule has 2 aromatic rings. The lowest BCUT2D eigenvalue weighted by Crippen LogP contribution is -2.33. The molecule has 0 bridgehead atoms. The Morgan fingerprint density at radius 1 is 1.52 bits per heavy atom. The zero-order chi connectivity index (χ0) is 14.8.